The Morgan fingerprint density at radius 3 is 2.33 bits per heavy atom. The number of amides is 1. The van der Waals surface area contributed by atoms with Gasteiger partial charge in [-0.3, -0.25) is 9.69 Å². The number of fused-ring (bicyclic) bond motifs is 5. The number of rotatable bonds is 3. The molecular formula is C21H23NO5. The molecule has 27 heavy (non-hydrogen) atoms. The van der Waals surface area contributed by atoms with E-state index in [2.05, 4.69) is 0 Å². The Balaban J connectivity index is 2.05. The van der Waals surface area contributed by atoms with Crippen LogP contribution in [0.3, 0.4) is 0 Å². The second-order valence-electron chi connectivity index (χ2n) is 7.42. The van der Waals surface area contributed by atoms with Crippen LogP contribution in [0.2, 0.25) is 0 Å². The molecule has 0 fully saturated rings. The van der Waals surface area contributed by atoms with Gasteiger partial charge in [-0.15, -0.1) is 0 Å². The van der Waals surface area contributed by atoms with Crippen molar-refractivity contribution in [1.29, 1.82) is 0 Å². The molecule has 1 aliphatic heterocycles. The van der Waals surface area contributed by atoms with Gasteiger partial charge < -0.3 is 19.7 Å². The first-order chi connectivity index (χ1) is 12.8. The van der Waals surface area contributed by atoms with Gasteiger partial charge in [-0.1, -0.05) is 38.1 Å². The number of hydrogen-bond acceptors (Lipinski definition) is 5. The van der Waals surface area contributed by atoms with E-state index in [1.54, 1.807) is 38.1 Å². The second-order valence-corrected chi connectivity index (χ2v) is 7.42. The summed E-state index contributed by atoms with van der Waals surface area (Å²) in [6, 6.07) is 10.6. The molecular weight excluding hydrogens is 346 g/mol. The number of anilines is 1. The van der Waals surface area contributed by atoms with Gasteiger partial charge in [0.25, 0.3) is 0 Å². The highest BCUT2D eigenvalue weighted by Gasteiger charge is 2.68. The smallest absolute Gasteiger partial charge is 0.232 e. The lowest BCUT2D eigenvalue weighted by Gasteiger charge is -2.39. The average molecular weight is 369 g/mol. The van der Waals surface area contributed by atoms with Crippen molar-refractivity contribution < 1.29 is 24.5 Å². The average Bonchev–Trinajstić information content (AvgIpc) is 3.00. The van der Waals surface area contributed by atoms with Crippen LogP contribution in [0.1, 0.15) is 30.5 Å². The van der Waals surface area contributed by atoms with Crippen molar-refractivity contribution in [2.45, 2.75) is 31.6 Å². The Kier molecular flexibility index (Phi) is 3.77. The van der Waals surface area contributed by atoms with E-state index in [0.717, 1.165) is 5.56 Å². The van der Waals surface area contributed by atoms with Crippen LogP contribution in [-0.2, 0) is 22.5 Å². The zero-order valence-electron chi connectivity index (χ0n) is 15.8. The number of carbonyl (C=O) groups excluding carboxylic acids is 1. The van der Waals surface area contributed by atoms with Crippen LogP contribution in [0.4, 0.5) is 5.69 Å². The van der Waals surface area contributed by atoms with Crippen molar-refractivity contribution in [1.82, 2.24) is 0 Å². The molecule has 6 nitrogen and oxygen atoms in total. The number of aliphatic hydroxyl groups is 2. The van der Waals surface area contributed by atoms with Gasteiger partial charge in [-0.05, 0) is 11.6 Å². The van der Waals surface area contributed by atoms with E-state index in [1.165, 1.54) is 19.1 Å². The summed E-state index contributed by atoms with van der Waals surface area (Å²) in [5, 5.41) is 23.6. The molecule has 2 aromatic carbocycles. The molecule has 0 bridgehead atoms. The summed E-state index contributed by atoms with van der Waals surface area (Å²) in [6.07, 6.45) is 0.198. The fraction of sp³-hybridized carbons (Fsp3) is 0.381. The van der Waals surface area contributed by atoms with Gasteiger partial charge in [0.15, 0.2) is 11.5 Å². The highest BCUT2D eigenvalue weighted by atomic mass is 16.5. The van der Waals surface area contributed by atoms with Gasteiger partial charge in [0.1, 0.15) is 5.60 Å². The van der Waals surface area contributed by atoms with E-state index >= 15 is 0 Å². The van der Waals surface area contributed by atoms with Crippen LogP contribution >= 0.6 is 0 Å². The van der Waals surface area contributed by atoms with E-state index in [-0.39, 0.29) is 18.2 Å². The molecule has 2 atom stereocenters. The van der Waals surface area contributed by atoms with Gasteiger partial charge in [-0.25, -0.2) is 0 Å². The molecule has 0 radical (unpaired) electrons. The highest BCUT2D eigenvalue weighted by Crippen LogP contribution is 2.62. The lowest BCUT2D eigenvalue weighted by Crippen LogP contribution is -2.56. The van der Waals surface area contributed by atoms with Crippen LogP contribution in [0.15, 0.2) is 36.4 Å². The minimum atomic E-state index is -1.88. The van der Waals surface area contributed by atoms with E-state index < -0.39 is 11.3 Å². The number of ether oxygens (including phenoxy) is 2. The number of nitrogens with zero attached hydrogens (tertiary/aromatic N) is 1. The first-order valence-electron chi connectivity index (χ1n) is 8.93. The first-order valence-corrected chi connectivity index (χ1v) is 8.93. The number of hydrogen-bond donors (Lipinski definition) is 2. The summed E-state index contributed by atoms with van der Waals surface area (Å²) in [6.45, 7) is 3.54. The minimum absolute atomic E-state index is 0.198. The Morgan fingerprint density at radius 1 is 1.07 bits per heavy atom. The third-order valence-corrected chi connectivity index (χ3v) is 5.64. The molecule has 0 saturated heterocycles. The minimum Gasteiger partial charge on any atom is -0.493 e. The molecule has 1 aliphatic carbocycles. The van der Waals surface area contributed by atoms with Crippen molar-refractivity contribution in [2.24, 2.45) is 5.92 Å². The van der Waals surface area contributed by atoms with Crippen molar-refractivity contribution >= 4 is 11.6 Å². The third-order valence-electron chi connectivity index (χ3n) is 5.64. The summed E-state index contributed by atoms with van der Waals surface area (Å²) in [5.74, 6) is 0.212. The van der Waals surface area contributed by atoms with E-state index in [9.17, 15) is 15.0 Å². The molecule has 2 N–H and O–H groups in total. The van der Waals surface area contributed by atoms with E-state index in [0.29, 0.717) is 28.3 Å². The lowest BCUT2D eigenvalue weighted by atomic mass is 9.87. The molecule has 1 heterocycles. The van der Waals surface area contributed by atoms with Crippen LogP contribution < -0.4 is 14.4 Å². The maximum absolute atomic E-state index is 13.1. The van der Waals surface area contributed by atoms with Gasteiger partial charge in [0, 0.05) is 29.5 Å². The van der Waals surface area contributed by atoms with Crippen molar-refractivity contribution in [3.63, 3.8) is 0 Å². The normalized spacial score (nSPS) is 25.2. The van der Waals surface area contributed by atoms with Gasteiger partial charge in [-0.2, -0.15) is 0 Å². The van der Waals surface area contributed by atoms with E-state index in [1.807, 2.05) is 12.1 Å². The molecule has 142 valence electrons. The summed E-state index contributed by atoms with van der Waals surface area (Å²) in [7, 11) is 3.02. The second kappa shape index (κ2) is 5.71. The predicted molar refractivity (Wildman–Crippen MR) is 99.8 cm³/mol. The van der Waals surface area contributed by atoms with Gasteiger partial charge >= 0.3 is 0 Å². The molecule has 4 rings (SSSR count). The van der Waals surface area contributed by atoms with Crippen LogP contribution in [-0.4, -0.2) is 30.3 Å². The SMILES string of the molecule is COc1cc2c(cc1OC)C1(O)Cc3ccccc3C1(O)N2C(=O)C(C)C. The topological polar surface area (TPSA) is 79.2 Å². The first kappa shape index (κ1) is 17.8. The van der Waals surface area contributed by atoms with E-state index in [4.69, 9.17) is 9.47 Å². The van der Waals surface area contributed by atoms with Crippen molar-refractivity contribution in [3.05, 3.63) is 53.1 Å². The Bertz CT molecular complexity index is 940. The molecule has 0 spiro atoms. The van der Waals surface area contributed by atoms with Crippen LogP contribution in [0.5, 0.6) is 11.5 Å². The molecule has 2 unspecified atom stereocenters. The number of carbonyl (C=O) groups is 1. The maximum Gasteiger partial charge on any atom is 0.232 e. The summed E-state index contributed by atoms with van der Waals surface area (Å²) < 4.78 is 10.8. The molecule has 6 heteroatoms. The van der Waals surface area contributed by atoms with Crippen LogP contribution in [0.25, 0.3) is 0 Å². The zero-order chi connectivity index (χ0) is 19.6. The van der Waals surface area contributed by atoms with Crippen molar-refractivity contribution in [2.75, 3.05) is 19.1 Å². The van der Waals surface area contributed by atoms with Crippen LogP contribution in [0, 0.1) is 5.92 Å². The van der Waals surface area contributed by atoms with Gasteiger partial charge in [0.05, 0.1) is 19.9 Å². The third kappa shape index (κ3) is 2.05. The predicted octanol–water partition coefficient (Wildman–Crippen LogP) is 2.30. The molecule has 2 aliphatic rings. The monoisotopic (exact) mass is 369 g/mol. The quantitative estimate of drug-likeness (QED) is 0.868. The largest absolute Gasteiger partial charge is 0.493 e. The molecule has 0 saturated carbocycles. The molecule has 2 aromatic rings. The maximum atomic E-state index is 13.1. The zero-order valence-corrected chi connectivity index (χ0v) is 15.8. The molecule has 0 aromatic heterocycles. The Morgan fingerprint density at radius 2 is 1.70 bits per heavy atom. The summed E-state index contributed by atoms with van der Waals surface area (Å²) in [4.78, 5) is 14.5. The standard InChI is InChI=1S/C21H23NO5/c1-12(2)19(23)22-16-10-18(27-4)17(26-3)9-15(16)20(24)11-13-7-5-6-8-14(13)21(20,22)25/h5-10,12,24-25H,11H2,1-4H3. The van der Waals surface area contributed by atoms with Gasteiger partial charge in [0.2, 0.25) is 11.6 Å². The Hall–Kier alpha value is -2.57. The highest BCUT2D eigenvalue weighted by molar-refractivity contribution is 6.00. The number of benzene rings is 2. The fourth-order valence-corrected chi connectivity index (χ4v) is 4.32. The lowest BCUT2D eigenvalue weighted by molar-refractivity contribution is -0.155. The number of methoxy groups -OCH3 is 2. The fourth-order valence-electron chi connectivity index (χ4n) is 4.32. The molecule has 1 amide bonds. The Labute approximate surface area is 157 Å². The van der Waals surface area contributed by atoms with Crippen molar-refractivity contribution in [3.8, 4) is 11.5 Å². The summed E-state index contributed by atoms with van der Waals surface area (Å²) >= 11 is 0. The summed E-state index contributed by atoms with van der Waals surface area (Å²) in [5.41, 5.74) is -1.32.